The van der Waals surface area contributed by atoms with E-state index in [2.05, 4.69) is 10.5 Å². The molecule has 1 aromatic rings. The number of ether oxygens (including phenoxy) is 1. The lowest BCUT2D eigenvalue weighted by molar-refractivity contribution is -0.143. The number of carbonyl (C=O) groups is 1. The predicted octanol–water partition coefficient (Wildman–Crippen LogP) is 1.11. The summed E-state index contributed by atoms with van der Waals surface area (Å²) < 4.78 is 9.69. The van der Waals surface area contributed by atoms with Crippen molar-refractivity contribution in [2.75, 3.05) is 13.2 Å². The van der Waals surface area contributed by atoms with Crippen LogP contribution in [0.5, 0.6) is 0 Å². The summed E-state index contributed by atoms with van der Waals surface area (Å²) in [4.78, 5) is 11.0. The van der Waals surface area contributed by atoms with Gasteiger partial charge in [-0.1, -0.05) is 5.16 Å². The first-order valence-electron chi connectivity index (χ1n) is 5.09. The van der Waals surface area contributed by atoms with Gasteiger partial charge in [0.15, 0.2) is 0 Å². The Morgan fingerprint density at radius 1 is 1.67 bits per heavy atom. The van der Waals surface area contributed by atoms with E-state index in [4.69, 9.17) is 9.26 Å². The molecule has 0 amide bonds. The summed E-state index contributed by atoms with van der Waals surface area (Å²) in [6.45, 7) is 3.66. The van der Waals surface area contributed by atoms with E-state index in [-0.39, 0.29) is 5.97 Å². The minimum atomic E-state index is -0.140. The van der Waals surface area contributed by atoms with E-state index in [1.165, 1.54) is 0 Å². The standard InChI is InChI=1S/C10H16N2O3/c1-2-14-10(13)4-3-6-11-8-9-5-7-12-15-9/h5,7,11H,2-4,6,8H2,1H3. The first-order valence-corrected chi connectivity index (χ1v) is 5.09. The van der Waals surface area contributed by atoms with Crippen molar-refractivity contribution in [1.29, 1.82) is 0 Å². The van der Waals surface area contributed by atoms with Crippen LogP contribution in [0.25, 0.3) is 0 Å². The Morgan fingerprint density at radius 3 is 3.20 bits per heavy atom. The molecule has 0 saturated heterocycles. The average molecular weight is 212 g/mol. The summed E-state index contributed by atoms with van der Waals surface area (Å²) in [5.74, 6) is 0.658. The van der Waals surface area contributed by atoms with Crippen molar-refractivity contribution < 1.29 is 14.1 Å². The maximum Gasteiger partial charge on any atom is 0.305 e. The number of rotatable bonds is 7. The number of hydrogen-bond donors (Lipinski definition) is 1. The molecule has 0 bridgehead atoms. The van der Waals surface area contributed by atoms with Gasteiger partial charge in [-0.15, -0.1) is 0 Å². The van der Waals surface area contributed by atoms with Crippen molar-refractivity contribution >= 4 is 5.97 Å². The van der Waals surface area contributed by atoms with Gasteiger partial charge in [-0.25, -0.2) is 0 Å². The fraction of sp³-hybridized carbons (Fsp3) is 0.600. The third-order valence-electron chi connectivity index (χ3n) is 1.83. The third kappa shape index (κ3) is 5.17. The van der Waals surface area contributed by atoms with Gasteiger partial charge in [0.05, 0.1) is 19.3 Å². The van der Waals surface area contributed by atoms with Crippen molar-refractivity contribution in [3.8, 4) is 0 Å². The molecule has 0 fully saturated rings. The molecule has 1 aromatic heterocycles. The number of aromatic nitrogens is 1. The molecule has 5 heteroatoms. The number of nitrogens with zero attached hydrogens (tertiary/aromatic N) is 1. The highest BCUT2D eigenvalue weighted by Crippen LogP contribution is 1.96. The second-order valence-electron chi connectivity index (χ2n) is 3.06. The largest absolute Gasteiger partial charge is 0.466 e. The number of carbonyl (C=O) groups excluding carboxylic acids is 1. The zero-order chi connectivity index (χ0) is 10.9. The van der Waals surface area contributed by atoms with Gasteiger partial charge in [-0.3, -0.25) is 4.79 Å². The normalized spacial score (nSPS) is 10.2. The highest BCUT2D eigenvalue weighted by Gasteiger charge is 2.01. The summed E-state index contributed by atoms with van der Waals surface area (Å²) in [6, 6.07) is 1.80. The number of nitrogens with one attached hydrogen (secondary N) is 1. The summed E-state index contributed by atoms with van der Waals surface area (Å²) in [5, 5.41) is 6.73. The van der Waals surface area contributed by atoms with Gasteiger partial charge in [0, 0.05) is 12.5 Å². The molecule has 5 nitrogen and oxygen atoms in total. The second kappa shape index (κ2) is 7.00. The summed E-state index contributed by atoms with van der Waals surface area (Å²) in [6.07, 6.45) is 2.83. The highest BCUT2D eigenvalue weighted by atomic mass is 16.5. The quantitative estimate of drug-likeness (QED) is 0.541. The van der Waals surface area contributed by atoms with E-state index >= 15 is 0 Å². The zero-order valence-electron chi connectivity index (χ0n) is 8.86. The van der Waals surface area contributed by atoms with Gasteiger partial charge < -0.3 is 14.6 Å². The van der Waals surface area contributed by atoms with Crippen molar-refractivity contribution in [3.05, 3.63) is 18.0 Å². The first-order chi connectivity index (χ1) is 7.33. The fourth-order valence-electron chi connectivity index (χ4n) is 1.14. The van der Waals surface area contributed by atoms with Crippen molar-refractivity contribution in [2.45, 2.75) is 26.3 Å². The van der Waals surface area contributed by atoms with E-state index in [1.807, 2.05) is 0 Å². The van der Waals surface area contributed by atoms with Gasteiger partial charge in [0.2, 0.25) is 0 Å². The predicted molar refractivity (Wildman–Crippen MR) is 54.1 cm³/mol. The molecule has 0 atom stereocenters. The van der Waals surface area contributed by atoms with E-state index in [0.717, 1.165) is 18.7 Å². The maximum absolute atomic E-state index is 11.0. The van der Waals surface area contributed by atoms with Gasteiger partial charge in [-0.2, -0.15) is 0 Å². The molecule has 1 heterocycles. The van der Waals surface area contributed by atoms with Crippen LogP contribution in [0.3, 0.4) is 0 Å². The van der Waals surface area contributed by atoms with E-state index in [0.29, 0.717) is 19.6 Å². The first kappa shape index (κ1) is 11.7. The number of esters is 1. The molecule has 15 heavy (non-hydrogen) atoms. The smallest absolute Gasteiger partial charge is 0.305 e. The van der Waals surface area contributed by atoms with Crippen molar-refractivity contribution in [2.24, 2.45) is 0 Å². The van der Waals surface area contributed by atoms with E-state index in [1.54, 1.807) is 19.2 Å². The Balaban J connectivity index is 1.95. The highest BCUT2D eigenvalue weighted by molar-refractivity contribution is 5.69. The van der Waals surface area contributed by atoms with E-state index in [9.17, 15) is 4.79 Å². The topological polar surface area (TPSA) is 64.4 Å². The van der Waals surface area contributed by atoms with E-state index < -0.39 is 0 Å². The Bertz CT molecular complexity index is 272. The summed E-state index contributed by atoms with van der Waals surface area (Å²) in [7, 11) is 0. The molecule has 0 unspecified atom stereocenters. The van der Waals surface area contributed by atoms with Gasteiger partial charge >= 0.3 is 5.97 Å². The molecule has 0 aliphatic heterocycles. The monoisotopic (exact) mass is 212 g/mol. The van der Waals surface area contributed by atoms with Crippen LogP contribution in [0.4, 0.5) is 0 Å². The van der Waals surface area contributed by atoms with Crippen LogP contribution < -0.4 is 5.32 Å². The lowest BCUT2D eigenvalue weighted by Gasteiger charge is -2.02. The van der Waals surface area contributed by atoms with Gasteiger partial charge in [0.1, 0.15) is 5.76 Å². The van der Waals surface area contributed by atoms with Crippen LogP contribution in [-0.2, 0) is 16.1 Å². The number of hydrogen-bond acceptors (Lipinski definition) is 5. The summed E-state index contributed by atoms with van der Waals surface area (Å²) in [5.41, 5.74) is 0. The van der Waals surface area contributed by atoms with Crippen LogP contribution in [-0.4, -0.2) is 24.3 Å². The maximum atomic E-state index is 11.0. The Labute approximate surface area is 88.8 Å². The molecule has 1 rings (SSSR count). The second-order valence-corrected chi connectivity index (χ2v) is 3.06. The molecule has 1 N–H and O–H groups in total. The molecular weight excluding hydrogens is 196 g/mol. The fourth-order valence-corrected chi connectivity index (χ4v) is 1.14. The van der Waals surface area contributed by atoms with Crippen LogP contribution >= 0.6 is 0 Å². The van der Waals surface area contributed by atoms with Gasteiger partial charge in [-0.05, 0) is 19.9 Å². The molecule has 84 valence electrons. The van der Waals surface area contributed by atoms with Crippen molar-refractivity contribution in [1.82, 2.24) is 10.5 Å². The van der Waals surface area contributed by atoms with Crippen molar-refractivity contribution in [3.63, 3.8) is 0 Å². The van der Waals surface area contributed by atoms with Gasteiger partial charge in [0.25, 0.3) is 0 Å². The minimum Gasteiger partial charge on any atom is -0.466 e. The van der Waals surface area contributed by atoms with Crippen LogP contribution in [0.15, 0.2) is 16.8 Å². The lowest BCUT2D eigenvalue weighted by Crippen LogP contribution is -2.16. The zero-order valence-corrected chi connectivity index (χ0v) is 8.86. The molecule has 0 radical (unpaired) electrons. The lowest BCUT2D eigenvalue weighted by atomic mass is 10.3. The Morgan fingerprint density at radius 2 is 2.53 bits per heavy atom. The van der Waals surface area contributed by atoms with Crippen LogP contribution in [0, 0.1) is 0 Å². The molecular formula is C10H16N2O3. The summed E-state index contributed by atoms with van der Waals surface area (Å²) >= 11 is 0. The molecule has 0 aromatic carbocycles. The Hall–Kier alpha value is -1.36. The molecule has 0 saturated carbocycles. The molecule has 0 aliphatic rings. The third-order valence-corrected chi connectivity index (χ3v) is 1.83. The van der Waals surface area contributed by atoms with Crippen LogP contribution in [0.2, 0.25) is 0 Å². The minimum absolute atomic E-state index is 0.140. The Kier molecular flexibility index (Phi) is 5.47. The average Bonchev–Trinajstić information content (AvgIpc) is 2.70. The van der Waals surface area contributed by atoms with Crippen LogP contribution in [0.1, 0.15) is 25.5 Å². The molecule has 0 aliphatic carbocycles. The molecule has 0 spiro atoms. The SMILES string of the molecule is CCOC(=O)CCCNCc1ccno1.